The zero-order valence-electron chi connectivity index (χ0n) is 11.9. The second kappa shape index (κ2) is 6.86. The van der Waals surface area contributed by atoms with E-state index in [1.807, 2.05) is 12.1 Å². The zero-order chi connectivity index (χ0) is 14.5. The normalized spacial score (nSPS) is 12.8. The van der Waals surface area contributed by atoms with Gasteiger partial charge in [-0.3, -0.25) is 0 Å². The maximum Gasteiger partial charge on any atom is 0.231 e. The number of hydrogen-bond donors (Lipinski definition) is 1. The van der Waals surface area contributed by atoms with E-state index in [9.17, 15) is 0 Å². The molecule has 0 bridgehead atoms. The van der Waals surface area contributed by atoms with Crippen molar-refractivity contribution in [2.45, 2.75) is 20.4 Å². The van der Waals surface area contributed by atoms with Crippen LogP contribution in [0.2, 0.25) is 0 Å². The van der Waals surface area contributed by atoms with Crippen LogP contribution in [0.3, 0.4) is 0 Å². The van der Waals surface area contributed by atoms with Crippen LogP contribution in [0.4, 0.5) is 0 Å². The topological polar surface area (TPSA) is 39.7 Å². The molecule has 1 N–H and O–H groups in total. The molecule has 0 fully saturated rings. The average molecular weight is 298 g/mol. The molecule has 1 aliphatic rings. The fraction of sp³-hybridized carbons (Fsp3) is 0.467. The van der Waals surface area contributed by atoms with Gasteiger partial charge in [0.15, 0.2) is 11.5 Å². The summed E-state index contributed by atoms with van der Waals surface area (Å²) in [6.45, 7) is 10.1. The van der Waals surface area contributed by atoms with Crippen LogP contribution in [0.1, 0.15) is 19.4 Å². The van der Waals surface area contributed by atoms with Gasteiger partial charge < -0.3 is 19.5 Å². The standard InChI is InChI=1S/C15H20ClNO3/c1-10(2)6-17-7-12-4-14-15(20-9-19-14)5-13(12)18-8-11(3)16/h4-5,10,17H,3,6-9H2,1-2H3. The Hall–Kier alpha value is -1.39. The van der Waals surface area contributed by atoms with Gasteiger partial charge >= 0.3 is 0 Å². The van der Waals surface area contributed by atoms with Crippen molar-refractivity contribution in [3.8, 4) is 17.2 Å². The fourth-order valence-electron chi connectivity index (χ4n) is 1.89. The van der Waals surface area contributed by atoms with Gasteiger partial charge in [0.05, 0.1) is 0 Å². The molecular weight excluding hydrogens is 278 g/mol. The summed E-state index contributed by atoms with van der Waals surface area (Å²) in [6.07, 6.45) is 0. The molecule has 1 aromatic carbocycles. The van der Waals surface area contributed by atoms with Gasteiger partial charge in [-0.05, 0) is 18.5 Å². The largest absolute Gasteiger partial charge is 0.488 e. The number of rotatable bonds is 7. The van der Waals surface area contributed by atoms with Crippen molar-refractivity contribution >= 4 is 11.6 Å². The minimum Gasteiger partial charge on any atom is -0.488 e. The molecule has 0 aliphatic carbocycles. The molecule has 0 spiro atoms. The Balaban J connectivity index is 2.11. The Bertz CT molecular complexity index is 488. The maximum absolute atomic E-state index is 5.75. The van der Waals surface area contributed by atoms with Crippen molar-refractivity contribution in [2.24, 2.45) is 5.92 Å². The van der Waals surface area contributed by atoms with Gasteiger partial charge in [0.2, 0.25) is 6.79 Å². The first-order valence-electron chi connectivity index (χ1n) is 6.65. The maximum atomic E-state index is 5.75. The number of hydrogen-bond acceptors (Lipinski definition) is 4. The molecule has 0 atom stereocenters. The molecule has 4 nitrogen and oxygen atoms in total. The molecule has 0 unspecified atom stereocenters. The van der Waals surface area contributed by atoms with Gasteiger partial charge in [-0.2, -0.15) is 0 Å². The van der Waals surface area contributed by atoms with Crippen molar-refractivity contribution in [3.05, 3.63) is 29.3 Å². The number of nitrogens with one attached hydrogen (secondary N) is 1. The van der Waals surface area contributed by atoms with Gasteiger partial charge in [-0.1, -0.05) is 32.0 Å². The molecule has 1 aromatic rings. The summed E-state index contributed by atoms with van der Waals surface area (Å²) < 4.78 is 16.4. The Morgan fingerprint density at radius 1 is 1.40 bits per heavy atom. The van der Waals surface area contributed by atoms with Crippen molar-refractivity contribution in [1.82, 2.24) is 5.32 Å². The van der Waals surface area contributed by atoms with Crippen molar-refractivity contribution in [3.63, 3.8) is 0 Å². The molecule has 0 saturated heterocycles. The first-order valence-corrected chi connectivity index (χ1v) is 7.03. The highest BCUT2D eigenvalue weighted by molar-refractivity contribution is 6.29. The summed E-state index contributed by atoms with van der Waals surface area (Å²) in [5.74, 6) is 2.79. The first kappa shape index (κ1) is 15.0. The van der Waals surface area contributed by atoms with E-state index in [1.54, 1.807) is 0 Å². The van der Waals surface area contributed by atoms with Gasteiger partial charge in [-0.15, -0.1) is 0 Å². The quantitative estimate of drug-likeness (QED) is 0.838. The van der Waals surface area contributed by atoms with Crippen LogP contribution in [0, 0.1) is 5.92 Å². The Morgan fingerprint density at radius 2 is 2.10 bits per heavy atom. The van der Waals surface area contributed by atoms with Crippen LogP contribution in [0.5, 0.6) is 17.2 Å². The zero-order valence-corrected chi connectivity index (χ0v) is 12.6. The molecule has 0 radical (unpaired) electrons. The lowest BCUT2D eigenvalue weighted by Crippen LogP contribution is -2.19. The number of halogens is 1. The van der Waals surface area contributed by atoms with Crippen LogP contribution in [-0.4, -0.2) is 19.9 Å². The van der Waals surface area contributed by atoms with Gasteiger partial charge in [0, 0.05) is 23.2 Å². The monoisotopic (exact) mass is 297 g/mol. The van der Waals surface area contributed by atoms with E-state index < -0.39 is 0 Å². The lowest BCUT2D eigenvalue weighted by Gasteiger charge is -2.14. The van der Waals surface area contributed by atoms with Crippen LogP contribution in [0.15, 0.2) is 23.7 Å². The third kappa shape index (κ3) is 4.05. The number of benzene rings is 1. The molecule has 0 aromatic heterocycles. The predicted octanol–water partition coefficient (Wildman–Crippen LogP) is 3.29. The number of fused-ring (bicyclic) bond motifs is 1. The van der Waals surface area contributed by atoms with Crippen molar-refractivity contribution in [2.75, 3.05) is 19.9 Å². The van der Waals surface area contributed by atoms with E-state index in [1.165, 1.54) is 0 Å². The first-order chi connectivity index (χ1) is 9.56. The Kier molecular flexibility index (Phi) is 5.15. The van der Waals surface area contributed by atoms with E-state index in [0.717, 1.165) is 23.6 Å². The van der Waals surface area contributed by atoms with Crippen LogP contribution < -0.4 is 19.5 Å². The summed E-state index contributed by atoms with van der Waals surface area (Å²) in [5.41, 5.74) is 1.02. The molecule has 1 aliphatic heterocycles. The third-order valence-electron chi connectivity index (χ3n) is 2.81. The Labute approximate surface area is 124 Å². The van der Waals surface area contributed by atoms with E-state index in [2.05, 4.69) is 25.7 Å². The van der Waals surface area contributed by atoms with E-state index in [0.29, 0.717) is 23.2 Å². The van der Waals surface area contributed by atoms with Crippen LogP contribution in [0.25, 0.3) is 0 Å². The van der Waals surface area contributed by atoms with Crippen LogP contribution >= 0.6 is 11.6 Å². The van der Waals surface area contributed by atoms with E-state index in [4.69, 9.17) is 25.8 Å². The highest BCUT2D eigenvalue weighted by atomic mass is 35.5. The van der Waals surface area contributed by atoms with E-state index >= 15 is 0 Å². The molecule has 0 saturated carbocycles. The highest BCUT2D eigenvalue weighted by Crippen LogP contribution is 2.38. The smallest absolute Gasteiger partial charge is 0.231 e. The summed E-state index contributed by atoms with van der Waals surface area (Å²) in [6, 6.07) is 3.79. The molecule has 110 valence electrons. The molecule has 0 amide bonds. The molecule has 2 rings (SSSR count). The third-order valence-corrected chi connectivity index (χ3v) is 2.92. The summed E-state index contributed by atoms with van der Waals surface area (Å²) in [4.78, 5) is 0. The summed E-state index contributed by atoms with van der Waals surface area (Å²) >= 11 is 5.75. The van der Waals surface area contributed by atoms with Crippen molar-refractivity contribution in [1.29, 1.82) is 0 Å². The predicted molar refractivity (Wildman–Crippen MR) is 79.6 cm³/mol. The van der Waals surface area contributed by atoms with Gasteiger partial charge in [0.1, 0.15) is 12.4 Å². The lowest BCUT2D eigenvalue weighted by molar-refractivity contribution is 0.174. The minimum atomic E-state index is 0.250. The number of ether oxygens (including phenoxy) is 3. The average Bonchev–Trinajstić information content (AvgIpc) is 2.82. The van der Waals surface area contributed by atoms with E-state index in [-0.39, 0.29) is 13.4 Å². The summed E-state index contributed by atoms with van der Waals surface area (Å²) in [5, 5.41) is 3.85. The fourth-order valence-corrected chi connectivity index (χ4v) is 1.94. The molecule has 5 heteroatoms. The Morgan fingerprint density at radius 3 is 2.75 bits per heavy atom. The second-order valence-electron chi connectivity index (χ2n) is 5.14. The highest BCUT2D eigenvalue weighted by Gasteiger charge is 2.18. The lowest BCUT2D eigenvalue weighted by atomic mass is 10.1. The minimum absolute atomic E-state index is 0.250. The second-order valence-corrected chi connectivity index (χ2v) is 5.68. The summed E-state index contributed by atoms with van der Waals surface area (Å²) in [7, 11) is 0. The molecule has 20 heavy (non-hydrogen) atoms. The van der Waals surface area contributed by atoms with Crippen LogP contribution in [-0.2, 0) is 6.54 Å². The molecular formula is C15H20ClNO3. The van der Waals surface area contributed by atoms with Gasteiger partial charge in [-0.25, -0.2) is 0 Å². The van der Waals surface area contributed by atoms with Crippen molar-refractivity contribution < 1.29 is 14.2 Å². The van der Waals surface area contributed by atoms with Gasteiger partial charge in [0.25, 0.3) is 0 Å². The SMILES string of the molecule is C=C(Cl)COc1cc2c(cc1CNCC(C)C)OCO2. The molecule has 1 heterocycles.